The highest BCUT2D eigenvalue weighted by molar-refractivity contribution is 7.25. The summed E-state index contributed by atoms with van der Waals surface area (Å²) in [6, 6.07) is 1.98. The van der Waals surface area contributed by atoms with E-state index in [1.165, 1.54) is 6.07 Å². The van der Waals surface area contributed by atoms with Crippen LogP contribution in [0.1, 0.15) is 30.0 Å². The van der Waals surface area contributed by atoms with Gasteiger partial charge in [0.1, 0.15) is 9.53 Å². The maximum atomic E-state index is 13.2. The van der Waals surface area contributed by atoms with Crippen molar-refractivity contribution in [3.63, 3.8) is 0 Å². The lowest BCUT2D eigenvalue weighted by molar-refractivity contribution is -0.136. The first kappa shape index (κ1) is 13.6. The molecular weight excluding hydrogens is 317 g/mol. The zero-order valence-corrected chi connectivity index (χ0v) is 11.8. The normalized spacial score (nSPS) is 15.8. The van der Waals surface area contributed by atoms with Gasteiger partial charge in [-0.3, -0.25) is 9.59 Å². The van der Waals surface area contributed by atoms with Gasteiger partial charge in [-0.25, -0.2) is 0 Å². The standard InChI is InChI=1S/C14H9F3N2O2S/c15-14(16,17)6-3-9(21)19-13-10(6)11-12(22-13)8(20)4-7(18-11)5-1-2-5/h3-5H,1-2H2,(H,18,20)(H,19,21). The minimum atomic E-state index is -4.66. The number of alkyl halides is 3. The van der Waals surface area contributed by atoms with Gasteiger partial charge >= 0.3 is 6.18 Å². The zero-order valence-electron chi connectivity index (χ0n) is 11.0. The van der Waals surface area contributed by atoms with Crippen molar-refractivity contribution in [1.29, 1.82) is 0 Å². The van der Waals surface area contributed by atoms with E-state index in [0.717, 1.165) is 24.2 Å². The lowest BCUT2D eigenvalue weighted by Gasteiger charge is -2.08. The number of H-pyrrole nitrogens is 2. The Kier molecular flexibility index (Phi) is 2.60. The van der Waals surface area contributed by atoms with Crippen LogP contribution in [-0.2, 0) is 6.18 Å². The number of rotatable bonds is 1. The second kappa shape index (κ2) is 4.22. The molecule has 2 N–H and O–H groups in total. The van der Waals surface area contributed by atoms with Crippen molar-refractivity contribution >= 4 is 31.8 Å². The van der Waals surface area contributed by atoms with Gasteiger partial charge in [0.25, 0.3) is 0 Å². The van der Waals surface area contributed by atoms with Crippen LogP contribution < -0.4 is 11.0 Å². The van der Waals surface area contributed by atoms with Crippen molar-refractivity contribution < 1.29 is 13.2 Å². The second-order valence-electron chi connectivity index (χ2n) is 5.42. The SMILES string of the molecule is O=c1cc(C(F)(F)F)c2c([nH]1)sc1c(=O)cc(C3CC3)[nH]c12. The smallest absolute Gasteiger partial charge is 0.357 e. The summed E-state index contributed by atoms with van der Waals surface area (Å²) in [6.45, 7) is 0. The van der Waals surface area contributed by atoms with Crippen molar-refractivity contribution in [1.82, 2.24) is 9.97 Å². The summed E-state index contributed by atoms with van der Waals surface area (Å²) in [5.74, 6) is 0.212. The molecular formula is C14H9F3N2O2S. The Morgan fingerprint density at radius 2 is 1.86 bits per heavy atom. The molecule has 3 aromatic rings. The molecule has 0 unspecified atom stereocenters. The van der Waals surface area contributed by atoms with E-state index in [0.29, 0.717) is 11.8 Å². The van der Waals surface area contributed by atoms with E-state index in [-0.39, 0.29) is 31.8 Å². The van der Waals surface area contributed by atoms with Crippen molar-refractivity contribution in [3.05, 3.63) is 44.0 Å². The Bertz CT molecular complexity index is 1020. The van der Waals surface area contributed by atoms with E-state index in [4.69, 9.17) is 0 Å². The fourth-order valence-corrected chi connectivity index (χ4v) is 3.73. The number of nitrogens with one attached hydrogen (secondary N) is 2. The third-order valence-electron chi connectivity index (χ3n) is 3.79. The molecule has 3 heterocycles. The highest BCUT2D eigenvalue weighted by Crippen LogP contribution is 2.42. The van der Waals surface area contributed by atoms with Gasteiger partial charge in [0, 0.05) is 23.2 Å². The number of hydrogen-bond acceptors (Lipinski definition) is 3. The van der Waals surface area contributed by atoms with Crippen molar-refractivity contribution in [3.8, 4) is 0 Å². The van der Waals surface area contributed by atoms with Crippen LogP contribution in [0.3, 0.4) is 0 Å². The van der Waals surface area contributed by atoms with Crippen LogP contribution >= 0.6 is 11.3 Å². The summed E-state index contributed by atoms with van der Waals surface area (Å²) in [4.78, 5) is 29.1. The Morgan fingerprint density at radius 3 is 2.50 bits per heavy atom. The maximum absolute atomic E-state index is 13.2. The van der Waals surface area contributed by atoms with Crippen LogP contribution in [-0.4, -0.2) is 9.97 Å². The quantitative estimate of drug-likeness (QED) is 0.720. The Labute approximate surface area is 124 Å². The van der Waals surface area contributed by atoms with Crippen LogP contribution in [0.2, 0.25) is 0 Å². The van der Waals surface area contributed by atoms with Gasteiger partial charge in [0.15, 0.2) is 5.43 Å². The van der Waals surface area contributed by atoms with Gasteiger partial charge < -0.3 is 9.97 Å². The number of aromatic nitrogens is 2. The molecule has 4 rings (SSSR count). The molecule has 8 heteroatoms. The highest BCUT2D eigenvalue weighted by atomic mass is 32.1. The molecule has 0 amide bonds. The van der Waals surface area contributed by atoms with Crippen LogP contribution in [0.5, 0.6) is 0 Å². The maximum Gasteiger partial charge on any atom is 0.417 e. The molecule has 1 saturated carbocycles. The number of pyridine rings is 2. The second-order valence-corrected chi connectivity index (χ2v) is 6.44. The van der Waals surface area contributed by atoms with Gasteiger partial charge in [-0.15, -0.1) is 11.3 Å². The Morgan fingerprint density at radius 1 is 1.14 bits per heavy atom. The predicted molar refractivity (Wildman–Crippen MR) is 77.5 cm³/mol. The van der Waals surface area contributed by atoms with Crippen LogP contribution in [0.4, 0.5) is 13.2 Å². The zero-order chi connectivity index (χ0) is 15.6. The molecule has 1 aliphatic carbocycles. The fourth-order valence-electron chi connectivity index (χ4n) is 2.65. The monoisotopic (exact) mass is 326 g/mol. The number of halogens is 3. The minimum Gasteiger partial charge on any atom is -0.357 e. The van der Waals surface area contributed by atoms with E-state index >= 15 is 0 Å². The summed E-state index contributed by atoms with van der Waals surface area (Å²) >= 11 is 0.874. The minimum absolute atomic E-state index is 0.0659. The first-order valence-electron chi connectivity index (χ1n) is 6.64. The summed E-state index contributed by atoms with van der Waals surface area (Å²) in [7, 11) is 0. The third-order valence-corrected chi connectivity index (χ3v) is 4.91. The van der Waals surface area contributed by atoms with Gasteiger partial charge in [0.05, 0.1) is 11.1 Å². The Balaban J connectivity index is 2.20. The number of fused-ring (bicyclic) bond motifs is 3. The third kappa shape index (κ3) is 1.98. The molecule has 1 fully saturated rings. The number of thiophene rings is 1. The number of hydrogen-bond donors (Lipinski definition) is 2. The van der Waals surface area contributed by atoms with Gasteiger partial charge in [-0.05, 0) is 18.8 Å². The Hall–Kier alpha value is -2.09. The molecule has 4 nitrogen and oxygen atoms in total. The lowest BCUT2D eigenvalue weighted by Crippen LogP contribution is -2.13. The molecule has 22 heavy (non-hydrogen) atoms. The van der Waals surface area contributed by atoms with Gasteiger partial charge in [-0.2, -0.15) is 13.2 Å². The highest BCUT2D eigenvalue weighted by Gasteiger charge is 2.35. The van der Waals surface area contributed by atoms with E-state index < -0.39 is 17.3 Å². The number of aromatic amines is 2. The van der Waals surface area contributed by atoms with Crippen molar-refractivity contribution in [2.24, 2.45) is 0 Å². The van der Waals surface area contributed by atoms with E-state index in [9.17, 15) is 22.8 Å². The summed E-state index contributed by atoms with van der Waals surface area (Å²) in [5.41, 5.74) is -1.33. The molecule has 0 radical (unpaired) electrons. The molecule has 0 saturated heterocycles. The summed E-state index contributed by atoms with van der Waals surface area (Å²) in [6.07, 6.45) is -2.81. The van der Waals surface area contributed by atoms with Crippen molar-refractivity contribution in [2.75, 3.05) is 0 Å². The molecule has 3 aromatic heterocycles. The fraction of sp³-hybridized carbons (Fsp3) is 0.286. The topological polar surface area (TPSA) is 65.7 Å². The summed E-state index contributed by atoms with van der Waals surface area (Å²) in [5, 5.41) is -0.133. The molecule has 0 spiro atoms. The molecule has 0 atom stereocenters. The van der Waals surface area contributed by atoms with Gasteiger partial charge in [0.2, 0.25) is 5.56 Å². The molecule has 0 aliphatic heterocycles. The van der Waals surface area contributed by atoms with Gasteiger partial charge in [-0.1, -0.05) is 0 Å². The lowest BCUT2D eigenvalue weighted by atomic mass is 10.1. The van der Waals surface area contributed by atoms with Crippen molar-refractivity contribution in [2.45, 2.75) is 24.9 Å². The first-order valence-corrected chi connectivity index (χ1v) is 7.46. The average molecular weight is 326 g/mol. The average Bonchev–Trinajstić information content (AvgIpc) is 3.19. The first-order chi connectivity index (χ1) is 10.3. The van der Waals surface area contributed by atoms with E-state index in [1.807, 2.05) is 0 Å². The van der Waals surface area contributed by atoms with Crippen LogP contribution in [0, 0.1) is 0 Å². The molecule has 1 aliphatic rings. The van der Waals surface area contributed by atoms with Crippen LogP contribution in [0.15, 0.2) is 21.7 Å². The molecule has 0 aromatic carbocycles. The largest absolute Gasteiger partial charge is 0.417 e. The van der Waals surface area contributed by atoms with E-state index in [1.54, 1.807) is 0 Å². The molecule has 0 bridgehead atoms. The van der Waals surface area contributed by atoms with E-state index in [2.05, 4.69) is 9.97 Å². The van der Waals surface area contributed by atoms with Crippen LogP contribution in [0.25, 0.3) is 20.4 Å². The predicted octanol–water partition coefficient (Wildman–Crippen LogP) is 3.33. The molecule has 114 valence electrons. The summed E-state index contributed by atoms with van der Waals surface area (Å²) < 4.78 is 39.9.